The van der Waals surface area contributed by atoms with E-state index in [0.29, 0.717) is 0 Å². The molecule has 0 bridgehead atoms. The van der Waals surface area contributed by atoms with Crippen molar-refractivity contribution in [3.8, 4) is 0 Å². The number of carbonyl (C=O) groups excluding carboxylic acids is 1. The number of allylic oxidation sites excluding steroid dienone is 2. The highest BCUT2D eigenvalue weighted by molar-refractivity contribution is 6.20. The van der Waals surface area contributed by atoms with Crippen LogP contribution >= 0.6 is 0 Å². The average molecular weight is 188 g/mol. The van der Waals surface area contributed by atoms with Crippen LogP contribution in [0.5, 0.6) is 0 Å². The summed E-state index contributed by atoms with van der Waals surface area (Å²) in [6, 6.07) is 7.98. The van der Waals surface area contributed by atoms with Gasteiger partial charge < -0.3 is 0 Å². The molecule has 1 rings (SSSR count). The van der Waals surface area contributed by atoms with Crippen LogP contribution in [0.2, 0.25) is 0 Å². The molecule has 1 nitrogen and oxygen atoms in total. The molecule has 0 saturated heterocycles. The normalized spacial score (nSPS) is 9.71. The molecule has 0 radical (unpaired) electrons. The zero-order valence-electron chi connectivity index (χ0n) is 9.22. The molecular weight excluding hydrogens is 172 g/mol. The smallest absolute Gasteiger partial charge is 0.160 e. The van der Waals surface area contributed by atoms with Crippen LogP contribution in [0.15, 0.2) is 29.8 Å². The summed E-state index contributed by atoms with van der Waals surface area (Å²) in [7, 11) is 0. The summed E-state index contributed by atoms with van der Waals surface area (Å²) in [4.78, 5) is 11.5. The lowest BCUT2D eigenvalue weighted by Crippen LogP contribution is -2.00. The molecule has 0 heterocycles. The van der Waals surface area contributed by atoms with Crippen molar-refractivity contribution < 1.29 is 4.79 Å². The number of Topliss-reactive ketones (excluding diaryl/α,β-unsaturated/α-hetero) is 1. The Morgan fingerprint density at radius 1 is 1.07 bits per heavy atom. The second kappa shape index (κ2) is 4.23. The minimum Gasteiger partial charge on any atom is -0.294 e. The van der Waals surface area contributed by atoms with Gasteiger partial charge in [0.1, 0.15) is 0 Å². The predicted molar refractivity (Wildman–Crippen MR) is 60.1 cm³/mol. The van der Waals surface area contributed by atoms with E-state index >= 15 is 0 Å². The SMILES string of the molecule is CC(=O)C(=C(C)C)c1ccccc1C. The first kappa shape index (κ1) is 10.7. The molecular formula is C13H16O. The van der Waals surface area contributed by atoms with Crippen molar-refractivity contribution >= 4 is 11.4 Å². The fraction of sp³-hybridized carbons (Fsp3) is 0.308. The van der Waals surface area contributed by atoms with Gasteiger partial charge in [-0.25, -0.2) is 0 Å². The van der Waals surface area contributed by atoms with Gasteiger partial charge in [0.2, 0.25) is 0 Å². The molecule has 14 heavy (non-hydrogen) atoms. The largest absolute Gasteiger partial charge is 0.294 e. The Labute approximate surface area is 85.5 Å². The van der Waals surface area contributed by atoms with E-state index in [9.17, 15) is 4.79 Å². The van der Waals surface area contributed by atoms with Crippen LogP contribution < -0.4 is 0 Å². The third kappa shape index (κ3) is 2.11. The molecule has 74 valence electrons. The summed E-state index contributed by atoms with van der Waals surface area (Å²) in [5.74, 6) is 0.138. The molecule has 1 aromatic carbocycles. The maximum Gasteiger partial charge on any atom is 0.160 e. The second-order valence-corrected chi connectivity index (χ2v) is 3.75. The summed E-state index contributed by atoms with van der Waals surface area (Å²) in [5, 5.41) is 0. The predicted octanol–water partition coefficient (Wildman–Crippen LogP) is 3.38. The Kier molecular flexibility index (Phi) is 3.23. The van der Waals surface area contributed by atoms with E-state index in [0.717, 1.165) is 22.3 Å². The summed E-state index contributed by atoms with van der Waals surface area (Å²) < 4.78 is 0. The van der Waals surface area contributed by atoms with E-state index in [1.165, 1.54) is 0 Å². The van der Waals surface area contributed by atoms with Crippen molar-refractivity contribution in [1.82, 2.24) is 0 Å². The zero-order valence-corrected chi connectivity index (χ0v) is 9.22. The summed E-state index contributed by atoms with van der Waals surface area (Å²) in [6.07, 6.45) is 0. The lowest BCUT2D eigenvalue weighted by atomic mass is 9.94. The maximum absolute atomic E-state index is 11.5. The molecule has 1 heteroatoms. The Morgan fingerprint density at radius 2 is 1.64 bits per heavy atom. The van der Waals surface area contributed by atoms with Gasteiger partial charge in [-0.15, -0.1) is 0 Å². The van der Waals surface area contributed by atoms with Gasteiger partial charge in [-0.2, -0.15) is 0 Å². The number of hydrogen-bond donors (Lipinski definition) is 0. The first-order valence-corrected chi connectivity index (χ1v) is 4.78. The van der Waals surface area contributed by atoms with Gasteiger partial charge in [-0.3, -0.25) is 4.79 Å². The molecule has 0 aliphatic heterocycles. The minimum absolute atomic E-state index is 0.138. The number of hydrogen-bond acceptors (Lipinski definition) is 1. The highest BCUT2D eigenvalue weighted by Gasteiger charge is 2.10. The van der Waals surface area contributed by atoms with E-state index in [1.54, 1.807) is 6.92 Å². The maximum atomic E-state index is 11.5. The lowest BCUT2D eigenvalue weighted by molar-refractivity contribution is -0.111. The highest BCUT2D eigenvalue weighted by atomic mass is 16.1. The topological polar surface area (TPSA) is 17.1 Å². The first-order chi connectivity index (χ1) is 6.54. The van der Waals surface area contributed by atoms with Crippen LogP contribution in [-0.2, 0) is 4.79 Å². The van der Waals surface area contributed by atoms with Crippen molar-refractivity contribution in [3.63, 3.8) is 0 Å². The fourth-order valence-electron chi connectivity index (χ4n) is 1.66. The minimum atomic E-state index is 0.138. The van der Waals surface area contributed by atoms with Crippen molar-refractivity contribution in [2.45, 2.75) is 27.7 Å². The van der Waals surface area contributed by atoms with Gasteiger partial charge in [0.05, 0.1) is 0 Å². The van der Waals surface area contributed by atoms with Gasteiger partial charge in [0.25, 0.3) is 0 Å². The van der Waals surface area contributed by atoms with Crippen molar-refractivity contribution in [2.24, 2.45) is 0 Å². The van der Waals surface area contributed by atoms with Crippen LogP contribution in [-0.4, -0.2) is 5.78 Å². The van der Waals surface area contributed by atoms with E-state index in [-0.39, 0.29) is 5.78 Å². The molecule has 0 N–H and O–H groups in total. The van der Waals surface area contributed by atoms with Gasteiger partial charge in [0, 0.05) is 5.57 Å². The summed E-state index contributed by atoms with van der Waals surface area (Å²) in [5.41, 5.74) is 4.13. The molecule has 0 amide bonds. The van der Waals surface area contributed by atoms with Gasteiger partial charge in [-0.1, -0.05) is 29.8 Å². The molecule has 1 aromatic rings. The monoisotopic (exact) mass is 188 g/mol. The van der Waals surface area contributed by atoms with Crippen molar-refractivity contribution in [2.75, 3.05) is 0 Å². The molecule has 0 fully saturated rings. The van der Waals surface area contributed by atoms with Gasteiger partial charge in [-0.05, 0) is 38.8 Å². The van der Waals surface area contributed by atoms with E-state index in [1.807, 2.05) is 45.0 Å². The Balaban J connectivity index is 3.35. The quantitative estimate of drug-likeness (QED) is 0.650. The number of carbonyl (C=O) groups is 1. The summed E-state index contributed by atoms with van der Waals surface area (Å²) in [6.45, 7) is 7.60. The Morgan fingerprint density at radius 3 is 2.07 bits per heavy atom. The molecule has 0 saturated carbocycles. The fourth-order valence-corrected chi connectivity index (χ4v) is 1.66. The average Bonchev–Trinajstić information content (AvgIpc) is 2.07. The Bertz CT molecular complexity index is 382. The van der Waals surface area contributed by atoms with E-state index < -0.39 is 0 Å². The van der Waals surface area contributed by atoms with Crippen LogP contribution in [0.1, 0.15) is 31.9 Å². The number of aryl methyl sites for hydroxylation is 1. The molecule has 0 unspecified atom stereocenters. The van der Waals surface area contributed by atoms with Crippen LogP contribution in [0.3, 0.4) is 0 Å². The van der Waals surface area contributed by atoms with Crippen LogP contribution in [0, 0.1) is 6.92 Å². The number of benzene rings is 1. The van der Waals surface area contributed by atoms with E-state index in [4.69, 9.17) is 0 Å². The van der Waals surface area contributed by atoms with Crippen LogP contribution in [0.25, 0.3) is 5.57 Å². The van der Waals surface area contributed by atoms with Gasteiger partial charge >= 0.3 is 0 Å². The van der Waals surface area contributed by atoms with Crippen molar-refractivity contribution in [1.29, 1.82) is 0 Å². The second-order valence-electron chi connectivity index (χ2n) is 3.75. The van der Waals surface area contributed by atoms with Crippen molar-refractivity contribution in [3.05, 3.63) is 41.0 Å². The van der Waals surface area contributed by atoms with Gasteiger partial charge in [0.15, 0.2) is 5.78 Å². The Hall–Kier alpha value is -1.37. The number of rotatable bonds is 2. The molecule has 0 aromatic heterocycles. The third-order valence-electron chi connectivity index (χ3n) is 2.27. The zero-order chi connectivity index (χ0) is 10.7. The van der Waals surface area contributed by atoms with Crippen LogP contribution in [0.4, 0.5) is 0 Å². The van der Waals surface area contributed by atoms with E-state index in [2.05, 4.69) is 0 Å². The molecule has 0 spiro atoms. The first-order valence-electron chi connectivity index (χ1n) is 4.78. The summed E-state index contributed by atoms with van der Waals surface area (Å²) >= 11 is 0. The molecule has 0 atom stereocenters. The number of ketones is 1. The lowest BCUT2D eigenvalue weighted by Gasteiger charge is -2.09. The third-order valence-corrected chi connectivity index (χ3v) is 2.27. The highest BCUT2D eigenvalue weighted by Crippen LogP contribution is 2.22. The standard InChI is InChI=1S/C13H16O/c1-9(2)13(11(4)14)12-8-6-5-7-10(12)3/h5-8H,1-4H3. The molecule has 0 aliphatic rings. The molecule has 0 aliphatic carbocycles.